The summed E-state index contributed by atoms with van der Waals surface area (Å²) in [6.45, 7) is 5.01. The number of ether oxygens (including phenoxy) is 1. The summed E-state index contributed by atoms with van der Waals surface area (Å²) in [5, 5.41) is 0. The lowest BCUT2D eigenvalue weighted by Crippen LogP contribution is -2.17. The third-order valence-electron chi connectivity index (χ3n) is 2.39. The minimum Gasteiger partial charge on any atom is -0.494 e. The first kappa shape index (κ1) is 14.4. The molecule has 2 nitrogen and oxygen atoms in total. The normalized spacial score (nSPS) is 12.4. The van der Waals surface area contributed by atoms with Crippen molar-refractivity contribution in [3.63, 3.8) is 0 Å². The monoisotopic (exact) mass is 253 g/mol. The van der Waals surface area contributed by atoms with Gasteiger partial charge in [-0.1, -0.05) is 19.1 Å². The minimum atomic E-state index is 0.216. The van der Waals surface area contributed by atoms with E-state index in [1.807, 2.05) is 30.8 Å². The maximum Gasteiger partial charge on any atom is 0.119 e. The molecular weight excluding hydrogens is 230 g/mol. The summed E-state index contributed by atoms with van der Waals surface area (Å²) in [7, 11) is 0. The molecule has 3 heteroatoms. The molecule has 1 unspecified atom stereocenters. The van der Waals surface area contributed by atoms with Crippen molar-refractivity contribution in [1.29, 1.82) is 0 Å². The topological polar surface area (TPSA) is 35.2 Å². The first-order chi connectivity index (χ1) is 8.22. The second kappa shape index (κ2) is 8.43. The van der Waals surface area contributed by atoms with Gasteiger partial charge >= 0.3 is 0 Å². The van der Waals surface area contributed by atoms with E-state index in [-0.39, 0.29) is 6.04 Å². The molecule has 0 spiro atoms. The third kappa shape index (κ3) is 6.59. The van der Waals surface area contributed by atoms with E-state index in [1.165, 1.54) is 17.1 Å². The van der Waals surface area contributed by atoms with Gasteiger partial charge in [-0.2, -0.15) is 11.8 Å². The standard InChI is InChI=1S/C14H23NOS/c1-3-17-10-4-9-16-14-7-5-13(6-8-14)11-12(2)15/h5-8,12H,3-4,9-11,15H2,1-2H3. The van der Waals surface area contributed by atoms with E-state index >= 15 is 0 Å². The van der Waals surface area contributed by atoms with E-state index in [4.69, 9.17) is 10.5 Å². The molecule has 1 rings (SSSR count). The van der Waals surface area contributed by atoms with Crippen molar-refractivity contribution >= 4 is 11.8 Å². The second-order valence-electron chi connectivity index (χ2n) is 4.22. The highest BCUT2D eigenvalue weighted by Gasteiger charge is 1.99. The van der Waals surface area contributed by atoms with Crippen LogP contribution in [0.2, 0.25) is 0 Å². The average Bonchev–Trinajstić information content (AvgIpc) is 2.30. The molecule has 0 amide bonds. The number of hydrogen-bond donors (Lipinski definition) is 1. The summed E-state index contributed by atoms with van der Waals surface area (Å²) in [5.41, 5.74) is 7.03. The molecule has 0 aliphatic rings. The summed E-state index contributed by atoms with van der Waals surface area (Å²) in [5.74, 6) is 3.32. The van der Waals surface area contributed by atoms with E-state index in [9.17, 15) is 0 Å². The van der Waals surface area contributed by atoms with Crippen molar-refractivity contribution in [3.05, 3.63) is 29.8 Å². The molecule has 0 bridgehead atoms. The van der Waals surface area contributed by atoms with Gasteiger partial charge in [0.05, 0.1) is 6.61 Å². The summed E-state index contributed by atoms with van der Waals surface area (Å²) >= 11 is 1.96. The molecule has 2 N–H and O–H groups in total. The molecule has 0 heterocycles. The molecule has 1 aromatic carbocycles. The summed E-state index contributed by atoms with van der Waals surface area (Å²) in [6, 6.07) is 8.47. The van der Waals surface area contributed by atoms with Gasteiger partial charge in [-0.3, -0.25) is 0 Å². The summed E-state index contributed by atoms with van der Waals surface area (Å²) < 4.78 is 5.67. The van der Waals surface area contributed by atoms with Crippen LogP contribution in [0.15, 0.2) is 24.3 Å². The third-order valence-corrected chi connectivity index (χ3v) is 3.37. The lowest BCUT2D eigenvalue weighted by molar-refractivity contribution is 0.318. The Labute approximate surface area is 109 Å². The van der Waals surface area contributed by atoms with Gasteiger partial charge in [-0.25, -0.2) is 0 Å². The van der Waals surface area contributed by atoms with Gasteiger partial charge in [-0.15, -0.1) is 0 Å². The Morgan fingerprint density at radius 3 is 2.59 bits per heavy atom. The first-order valence-corrected chi connectivity index (χ1v) is 7.43. The Hall–Kier alpha value is -0.670. The molecule has 0 saturated carbocycles. The maximum absolute atomic E-state index is 5.76. The lowest BCUT2D eigenvalue weighted by Gasteiger charge is -2.08. The van der Waals surface area contributed by atoms with Crippen molar-refractivity contribution in [1.82, 2.24) is 0 Å². The highest BCUT2D eigenvalue weighted by atomic mass is 32.2. The Morgan fingerprint density at radius 1 is 1.29 bits per heavy atom. The zero-order valence-corrected chi connectivity index (χ0v) is 11.6. The van der Waals surface area contributed by atoms with Crippen molar-refractivity contribution in [3.8, 4) is 5.75 Å². The molecule has 1 atom stereocenters. The van der Waals surface area contributed by atoms with Crippen LogP contribution in [-0.4, -0.2) is 24.2 Å². The molecule has 1 aromatic rings. The van der Waals surface area contributed by atoms with Crippen molar-refractivity contribution in [2.75, 3.05) is 18.1 Å². The Morgan fingerprint density at radius 2 is 2.00 bits per heavy atom. The largest absolute Gasteiger partial charge is 0.494 e. The molecule has 0 aromatic heterocycles. The van der Waals surface area contributed by atoms with E-state index < -0.39 is 0 Å². The van der Waals surface area contributed by atoms with Crippen LogP contribution >= 0.6 is 11.8 Å². The van der Waals surface area contributed by atoms with Crippen molar-refractivity contribution in [2.24, 2.45) is 5.73 Å². The van der Waals surface area contributed by atoms with Gasteiger partial charge in [0.1, 0.15) is 5.75 Å². The number of thioether (sulfide) groups is 1. The number of benzene rings is 1. The quantitative estimate of drug-likeness (QED) is 0.723. The Bertz CT molecular complexity index is 298. The first-order valence-electron chi connectivity index (χ1n) is 6.27. The Kier molecular flexibility index (Phi) is 7.13. The van der Waals surface area contributed by atoms with Gasteiger partial charge in [0.25, 0.3) is 0 Å². The van der Waals surface area contributed by atoms with E-state index in [1.54, 1.807) is 0 Å². The molecule has 0 aliphatic heterocycles. The van der Waals surface area contributed by atoms with Crippen LogP contribution in [0.25, 0.3) is 0 Å². The van der Waals surface area contributed by atoms with Gasteiger partial charge in [0.2, 0.25) is 0 Å². The highest BCUT2D eigenvalue weighted by Crippen LogP contribution is 2.13. The maximum atomic E-state index is 5.76. The van der Waals surface area contributed by atoms with Crippen molar-refractivity contribution in [2.45, 2.75) is 32.7 Å². The van der Waals surface area contributed by atoms with Gasteiger partial charge in [0, 0.05) is 6.04 Å². The SMILES string of the molecule is CCSCCCOc1ccc(CC(C)N)cc1. The van der Waals surface area contributed by atoms with Gasteiger partial charge in [0.15, 0.2) is 0 Å². The van der Waals surface area contributed by atoms with Crippen LogP contribution in [-0.2, 0) is 6.42 Å². The summed E-state index contributed by atoms with van der Waals surface area (Å²) in [6.07, 6.45) is 2.04. The van der Waals surface area contributed by atoms with Gasteiger partial charge < -0.3 is 10.5 Å². The molecular formula is C14H23NOS. The molecule has 0 aliphatic carbocycles. The fraction of sp³-hybridized carbons (Fsp3) is 0.571. The van der Waals surface area contributed by atoms with Crippen LogP contribution in [0.3, 0.4) is 0 Å². The van der Waals surface area contributed by atoms with E-state index in [2.05, 4.69) is 19.1 Å². The predicted molar refractivity (Wildman–Crippen MR) is 76.9 cm³/mol. The fourth-order valence-corrected chi connectivity index (χ4v) is 2.20. The smallest absolute Gasteiger partial charge is 0.119 e. The lowest BCUT2D eigenvalue weighted by atomic mass is 10.1. The van der Waals surface area contributed by atoms with E-state index in [0.717, 1.165) is 25.2 Å². The molecule has 96 valence electrons. The van der Waals surface area contributed by atoms with Crippen LogP contribution in [0.5, 0.6) is 5.75 Å². The molecule has 0 fully saturated rings. The number of rotatable bonds is 8. The van der Waals surface area contributed by atoms with Gasteiger partial charge in [-0.05, 0) is 49.0 Å². The van der Waals surface area contributed by atoms with Crippen LogP contribution in [0.4, 0.5) is 0 Å². The van der Waals surface area contributed by atoms with Crippen LogP contribution in [0, 0.1) is 0 Å². The molecule has 0 saturated heterocycles. The van der Waals surface area contributed by atoms with Crippen LogP contribution in [0.1, 0.15) is 25.8 Å². The Balaban J connectivity index is 2.25. The molecule has 0 radical (unpaired) electrons. The van der Waals surface area contributed by atoms with Crippen LogP contribution < -0.4 is 10.5 Å². The van der Waals surface area contributed by atoms with E-state index in [0.29, 0.717) is 0 Å². The fourth-order valence-electron chi connectivity index (χ4n) is 1.59. The second-order valence-corrected chi connectivity index (χ2v) is 5.62. The highest BCUT2D eigenvalue weighted by molar-refractivity contribution is 7.99. The minimum absolute atomic E-state index is 0.216. The van der Waals surface area contributed by atoms with Crippen molar-refractivity contribution < 1.29 is 4.74 Å². The molecule has 17 heavy (non-hydrogen) atoms. The average molecular weight is 253 g/mol. The predicted octanol–water partition coefficient (Wildman–Crippen LogP) is 3.10. The zero-order valence-electron chi connectivity index (χ0n) is 10.8. The summed E-state index contributed by atoms with van der Waals surface area (Å²) in [4.78, 5) is 0. The zero-order chi connectivity index (χ0) is 12.5. The number of nitrogens with two attached hydrogens (primary N) is 1. The number of hydrogen-bond acceptors (Lipinski definition) is 3.